The highest BCUT2D eigenvalue weighted by atomic mass is 35.5. The summed E-state index contributed by atoms with van der Waals surface area (Å²) in [6.07, 6.45) is 3.26. The zero-order chi connectivity index (χ0) is 43.9. The van der Waals surface area contributed by atoms with Crippen LogP contribution in [-0.4, -0.2) is 55.6 Å². The number of halogens is 2. The Balaban J connectivity index is 0.000000267. The summed E-state index contributed by atoms with van der Waals surface area (Å²) < 4.78 is 6.67. The fraction of sp³-hybridized carbons (Fsp3) is 0.273. The van der Waals surface area contributed by atoms with Crippen LogP contribution >= 0.6 is 24.0 Å². The largest absolute Gasteiger partial charge is 0.477 e. The fourth-order valence-corrected chi connectivity index (χ4v) is 7.79. The van der Waals surface area contributed by atoms with E-state index in [1.807, 2.05) is 17.9 Å². The molecule has 6 aromatic rings. The third-order valence-corrected chi connectivity index (χ3v) is 11.0. The number of para-hydroxylation sites is 1. The van der Waals surface area contributed by atoms with Gasteiger partial charge in [0, 0.05) is 25.7 Å². The van der Waals surface area contributed by atoms with E-state index in [1.54, 1.807) is 57.2 Å². The van der Waals surface area contributed by atoms with Gasteiger partial charge in [0.25, 0.3) is 22.7 Å². The number of carbonyl (C=O) groups excluding carboxylic acids is 3. The van der Waals surface area contributed by atoms with Crippen molar-refractivity contribution < 1.29 is 29.0 Å². The quantitative estimate of drug-likeness (QED) is 0.0962. The molecule has 0 saturated carbocycles. The Morgan fingerprint density at radius 3 is 2.39 bits per heavy atom. The molecular formula is C44H44Cl2N8O8. The van der Waals surface area contributed by atoms with E-state index in [4.69, 9.17) is 27.8 Å². The number of esters is 1. The van der Waals surface area contributed by atoms with Crippen LogP contribution in [0.5, 0.6) is 0 Å². The maximum Gasteiger partial charge on any atom is 0.354 e. The smallest absolute Gasteiger partial charge is 0.354 e. The van der Waals surface area contributed by atoms with Gasteiger partial charge in [0.2, 0.25) is 0 Å². The number of aromatic carboxylic acids is 1. The van der Waals surface area contributed by atoms with Crippen LogP contribution in [0.25, 0.3) is 5.65 Å². The number of amides is 2. The summed E-state index contributed by atoms with van der Waals surface area (Å²) in [6.45, 7) is 9.08. The molecular weight excluding hydrogens is 839 g/mol. The molecule has 322 valence electrons. The number of benzene rings is 3. The average Bonchev–Trinajstić information content (AvgIpc) is 3.85. The molecule has 0 spiro atoms. The second kappa shape index (κ2) is 17.8. The van der Waals surface area contributed by atoms with Gasteiger partial charge < -0.3 is 36.8 Å². The van der Waals surface area contributed by atoms with Gasteiger partial charge in [0.1, 0.15) is 28.2 Å². The van der Waals surface area contributed by atoms with Crippen molar-refractivity contribution in [2.24, 2.45) is 5.73 Å². The molecule has 3 heterocycles. The van der Waals surface area contributed by atoms with Crippen LogP contribution in [-0.2, 0) is 30.7 Å². The minimum absolute atomic E-state index is 0. The number of carboxylic acid groups (broad SMARTS) is 1. The highest BCUT2D eigenvalue weighted by molar-refractivity contribution is 6.34. The number of rotatable bonds is 8. The number of nitrogens with one attached hydrogen (secondary N) is 2. The maximum absolute atomic E-state index is 13.5. The molecule has 1 aliphatic carbocycles. The molecule has 0 fully saturated rings. The summed E-state index contributed by atoms with van der Waals surface area (Å²) >= 11 is 6.15. The Kier molecular flexibility index (Phi) is 12.9. The highest BCUT2D eigenvalue weighted by Crippen LogP contribution is 2.36. The predicted molar refractivity (Wildman–Crippen MR) is 236 cm³/mol. The minimum atomic E-state index is -1.37. The molecule has 1 aliphatic heterocycles. The lowest BCUT2D eigenvalue weighted by atomic mass is 9.96. The Hall–Kier alpha value is -6.62. The maximum atomic E-state index is 13.5. The summed E-state index contributed by atoms with van der Waals surface area (Å²) in [7, 11) is 0. The highest BCUT2D eigenvalue weighted by Gasteiger charge is 2.31. The van der Waals surface area contributed by atoms with Gasteiger partial charge in [-0.1, -0.05) is 48.0 Å². The molecule has 0 bridgehead atoms. The minimum Gasteiger partial charge on any atom is -0.477 e. The SMILES string of the molecule is Cc1c(C(=O)OC(C)(C)C)ccc2c1CC[C@@H]2NC(=O)c1cc(C(=O)O)nc2c(C(=O)Nc3ccccc3Cl)cnn12.Cl.NCc1ccc2c(c1)CN(c1c(N)c(=O)c1=O)CC2. The Morgan fingerprint density at radius 2 is 1.71 bits per heavy atom. The number of nitrogens with two attached hydrogens (primary N) is 2. The normalized spacial score (nSPS) is 14.2. The number of fused-ring (bicyclic) bond motifs is 3. The Labute approximate surface area is 366 Å². The number of hydrogen-bond donors (Lipinski definition) is 5. The van der Waals surface area contributed by atoms with Gasteiger partial charge in [0.05, 0.1) is 28.5 Å². The molecule has 7 N–H and O–H groups in total. The van der Waals surface area contributed by atoms with E-state index in [2.05, 4.69) is 32.8 Å². The van der Waals surface area contributed by atoms with E-state index in [0.717, 1.165) is 44.8 Å². The van der Waals surface area contributed by atoms with E-state index in [0.29, 0.717) is 54.4 Å². The van der Waals surface area contributed by atoms with Crippen LogP contribution < -0.4 is 37.9 Å². The summed E-state index contributed by atoms with van der Waals surface area (Å²) in [5.74, 6) is -3.01. The summed E-state index contributed by atoms with van der Waals surface area (Å²) in [5, 5.41) is 19.8. The van der Waals surface area contributed by atoms with E-state index in [9.17, 15) is 33.9 Å². The molecule has 0 saturated heterocycles. The van der Waals surface area contributed by atoms with Gasteiger partial charge in [0.15, 0.2) is 11.3 Å². The van der Waals surface area contributed by atoms with Gasteiger partial charge in [-0.3, -0.25) is 19.2 Å². The standard InChI is InChI=1S/C30H28ClN5O6.C14H15N3O2.ClH/c1-15-16-11-12-21(18(16)10-9-17(15)29(41)42-30(2,3)4)34-27(38)24-13-23(28(39)40)33-25-19(14-32-36(24)25)26(37)35-22-8-6-5-7-20(22)31;15-6-8-1-2-9-3-4-17(7-10(9)5-8)12-11(16)13(18)14(12)19;/h5-10,13-14,21H,11-12H2,1-4H3,(H,34,38)(H,35,37)(H,39,40);1-2,5H,3-4,6-7,15-16H2;1H/t21-;;/m0../s1. The molecule has 1 atom stereocenters. The fourth-order valence-electron chi connectivity index (χ4n) is 7.60. The lowest BCUT2D eigenvalue weighted by molar-refractivity contribution is 0.00681. The van der Waals surface area contributed by atoms with E-state index in [1.165, 1.54) is 11.8 Å². The zero-order valence-electron chi connectivity index (χ0n) is 34.2. The van der Waals surface area contributed by atoms with E-state index < -0.39 is 51.9 Å². The van der Waals surface area contributed by atoms with Crippen LogP contribution in [0.2, 0.25) is 5.02 Å². The number of carboxylic acids is 1. The number of aromatic nitrogens is 3. The van der Waals surface area contributed by atoms with Crippen molar-refractivity contribution in [3.63, 3.8) is 0 Å². The number of anilines is 3. The molecule has 0 unspecified atom stereocenters. The second-order valence-electron chi connectivity index (χ2n) is 15.8. The molecule has 62 heavy (non-hydrogen) atoms. The summed E-state index contributed by atoms with van der Waals surface area (Å²) in [5.41, 5.74) is 16.3. The predicted octanol–water partition coefficient (Wildman–Crippen LogP) is 5.32. The number of carbonyl (C=O) groups is 4. The lowest BCUT2D eigenvalue weighted by Crippen LogP contribution is -2.44. The van der Waals surface area contributed by atoms with E-state index in [-0.39, 0.29) is 35.0 Å². The van der Waals surface area contributed by atoms with E-state index >= 15 is 0 Å². The van der Waals surface area contributed by atoms with Crippen molar-refractivity contribution in [1.29, 1.82) is 0 Å². The van der Waals surface area contributed by atoms with Crippen LogP contribution in [0.15, 0.2) is 76.4 Å². The van der Waals surface area contributed by atoms with Crippen molar-refractivity contribution in [2.45, 2.75) is 71.7 Å². The molecule has 8 rings (SSSR count). The first-order chi connectivity index (χ1) is 28.9. The molecule has 4 aromatic carbocycles. The van der Waals surface area contributed by atoms with Crippen LogP contribution in [0.4, 0.5) is 17.1 Å². The van der Waals surface area contributed by atoms with Crippen molar-refractivity contribution >= 4 is 70.5 Å². The lowest BCUT2D eigenvalue weighted by Gasteiger charge is -2.31. The third kappa shape index (κ3) is 8.89. The van der Waals surface area contributed by atoms with Crippen molar-refractivity contribution in [3.05, 3.63) is 148 Å². The first-order valence-electron chi connectivity index (χ1n) is 19.4. The van der Waals surface area contributed by atoms with Gasteiger partial charge in [-0.2, -0.15) is 5.10 Å². The van der Waals surface area contributed by atoms with Crippen molar-refractivity contribution in [1.82, 2.24) is 19.9 Å². The molecule has 2 amide bonds. The first-order valence-corrected chi connectivity index (χ1v) is 19.8. The topological polar surface area (TPSA) is 241 Å². The zero-order valence-corrected chi connectivity index (χ0v) is 35.8. The van der Waals surface area contributed by atoms with Gasteiger partial charge in [-0.15, -0.1) is 12.4 Å². The van der Waals surface area contributed by atoms with Gasteiger partial charge in [-0.05, 0) is 98.5 Å². The van der Waals surface area contributed by atoms with Crippen molar-refractivity contribution in [3.8, 4) is 0 Å². The molecule has 18 heteroatoms. The van der Waals surface area contributed by atoms with Crippen LogP contribution in [0.3, 0.4) is 0 Å². The van der Waals surface area contributed by atoms with Crippen LogP contribution in [0.1, 0.15) is 108 Å². The number of nitrogens with zero attached hydrogens (tertiary/aromatic N) is 4. The summed E-state index contributed by atoms with van der Waals surface area (Å²) in [6, 6.07) is 17.0. The molecule has 2 aliphatic rings. The van der Waals surface area contributed by atoms with Gasteiger partial charge >= 0.3 is 11.9 Å². The van der Waals surface area contributed by atoms with Gasteiger partial charge in [-0.25, -0.2) is 19.1 Å². The second-order valence-corrected chi connectivity index (χ2v) is 16.2. The Morgan fingerprint density at radius 1 is 0.968 bits per heavy atom. The monoisotopic (exact) mass is 882 g/mol. The molecule has 16 nitrogen and oxygen atoms in total. The average molecular weight is 884 g/mol. The Bertz CT molecular complexity index is 2840. The third-order valence-electron chi connectivity index (χ3n) is 10.7. The molecule has 0 radical (unpaired) electrons. The number of nitrogen functional groups attached to an aromatic ring is 1. The number of ether oxygens (including phenoxy) is 1. The molecule has 2 aromatic heterocycles. The van der Waals surface area contributed by atoms with Crippen molar-refractivity contribution in [2.75, 3.05) is 22.5 Å². The summed E-state index contributed by atoms with van der Waals surface area (Å²) in [4.78, 5) is 79.9. The first kappa shape index (κ1) is 44.9. The van der Waals surface area contributed by atoms with Crippen LogP contribution in [0, 0.1) is 6.92 Å². The number of hydrogen-bond acceptors (Lipinski definition) is 12.